The van der Waals surface area contributed by atoms with E-state index in [2.05, 4.69) is 0 Å². The molecule has 1 fully saturated rings. The Bertz CT molecular complexity index is 1070. The summed E-state index contributed by atoms with van der Waals surface area (Å²) >= 11 is 0. The van der Waals surface area contributed by atoms with Crippen molar-refractivity contribution in [1.82, 2.24) is 9.80 Å². The molecule has 0 aliphatic carbocycles. The molecule has 0 bridgehead atoms. The molecule has 174 valence electrons. The zero-order valence-corrected chi connectivity index (χ0v) is 19.0. The van der Waals surface area contributed by atoms with Crippen molar-refractivity contribution in [3.8, 4) is 5.75 Å². The zero-order valence-electron chi connectivity index (χ0n) is 19.0. The Morgan fingerprint density at radius 2 is 1.73 bits per heavy atom. The molecule has 1 heterocycles. The number of hydrogen-bond acceptors (Lipinski definition) is 7. The van der Waals surface area contributed by atoms with Crippen LogP contribution in [-0.4, -0.2) is 64.8 Å². The van der Waals surface area contributed by atoms with Gasteiger partial charge in [-0.3, -0.25) is 19.7 Å². The van der Waals surface area contributed by atoms with Crippen molar-refractivity contribution in [3.05, 3.63) is 75.3 Å². The molecule has 1 unspecified atom stereocenters. The monoisotopic (exact) mass is 453 g/mol. The van der Waals surface area contributed by atoms with Crippen LogP contribution in [0.1, 0.15) is 31.0 Å². The second-order valence-electron chi connectivity index (χ2n) is 8.34. The maximum absolute atomic E-state index is 13.0. The molecule has 0 radical (unpaired) electrons. The minimum absolute atomic E-state index is 0.0198. The molecule has 1 amide bonds. The van der Waals surface area contributed by atoms with Gasteiger partial charge in [-0.15, -0.1) is 0 Å². The Kier molecular flexibility index (Phi) is 7.13. The summed E-state index contributed by atoms with van der Waals surface area (Å²) in [5.41, 5.74) is 0.707. The number of likely N-dealkylation sites (tertiary alicyclic amines) is 1. The molecule has 1 N–H and O–H groups in total. The number of aliphatic hydroxyl groups excluding tert-OH is 1. The summed E-state index contributed by atoms with van der Waals surface area (Å²) in [5.74, 6) is -1.21. The number of benzene rings is 2. The molecule has 2 aromatic carbocycles. The standard InChI is InChI=1S/C24H27N3O6/c1-15(2)33-19-11-7-17(8-12-19)22(28)20-21(16-5-9-18(10-6-16)27(31)32)26(14-13-25(3)4)24(30)23(20)29/h5-12,15,21,28H,13-14H2,1-4H3/b22-20+. The van der Waals surface area contributed by atoms with Crippen LogP contribution in [0.2, 0.25) is 0 Å². The summed E-state index contributed by atoms with van der Waals surface area (Å²) in [4.78, 5) is 39.7. The third-order valence-corrected chi connectivity index (χ3v) is 5.25. The lowest BCUT2D eigenvalue weighted by molar-refractivity contribution is -0.384. The van der Waals surface area contributed by atoms with Gasteiger partial charge in [-0.25, -0.2) is 0 Å². The normalized spacial score (nSPS) is 17.8. The van der Waals surface area contributed by atoms with E-state index in [-0.39, 0.29) is 29.7 Å². The average Bonchev–Trinajstić information content (AvgIpc) is 3.02. The van der Waals surface area contributed by atoms with Crippen LogP contribution < -0.4 is 4.74 Å². The van der Waals surface area contributed by atoms with Crippen LogP contribution in [0.5, 0.6) is 5.75 Å². The van der Waals surface area contributed by atoms with Crippen LogP contribution in [0.25, 0.3) is 5.76 Å². The fourth-order valence-corrected chi connectivity index (χ4v) is 3.66. The molecule has 2 aromatic rings. The molecule has 1 aliphatic heterocycles. The van der Waals surface area contributed by atoms with E-state index >= 15 is 0 Å². The summed E-state index contributed by atoms with van der Waals surface area (Å²) in [6, 6.07) is 11.4. The van der Waals surface area contributed by atoms with Crippen LogP contribution in [-0.2, 0) is 9.59 Å². The van der Waals surface area contributed by atoms with Gasteiger partial charge >= 0.3 is 0 Å². The van der Waals surface area contributed by atoms with E-state index in [1.54, 1.807) is 24.3 Å². The van der Waals surface area contributed by atoms with Gasteiger partial charge in [0.05, 0.1) is 22.6 Å². The maximum Gasteiger partial charge on any atom is 0.295 e. The number of nitrogens with zero attached hydrogens (tertiary/aromatic N) is 3. The molecule has 0 saturated carbocycles. The Morgan fingerprint density at radius 3 is 2.24 bits per heavy atom. The molecule has 9 heteroatoms. The SMILES string of the molecule is CC(C)Oc1ccc(/C(O)=C2\C(=O)C(=O)N(CCN(C)C)C2c2ccc([N+](=O)[O-])cc2)cc1. The van der Waals surface area contributed by atoms with E-state index in [9.17, 15) is 24.8 Å². The highest BCUT2D eigenvalue weighted by Crippen LogP contribution is 2.39. The third-order valence-electron chi connectivity index (χ3n) is 5.25. The number of nitro benzene ring substituents is 1. The lowest BCUT2D eigenvalue weighted by Gasteiger charge is -2.26. The predicted molar refractivity (Wildman–Crippen MR) is 123 cm³/mol. The Labute approximate surface area is 192 Å². The number of Topliss-reactive ketones (excluding diaryl/α,β-unsaturated/α-hetero) is 1. The molecule has 1 aliphatic rings. The van der Waals surface area contributed by atoms with Crippen LogP contribution >= 0.6 is 0 Å². The van der Waals surface area contributed by atoms with Gasteiger partial charge in [0.2, 0.25) is 0 Å². The minimum Gasteiger partial charge on any atom is -0.507 e. The molecular formula is C24H27N3O6. The lowest BCUT2D eigenvalue weighted by Crippen LogP contribution is -2.35. The number of carbonyl (C=O) groups is 2. The minimum atomic E-state index is -0.864. The molecular weight excluding hydrogens is 426 g/mol. The highest BCUT2D eigenvalue weighted by Gasteiger charge is 2.46. The fraction of sp³-hybridized carbons (Fsp3) is 0.333. The number of hydrogen-bond donors (Lipinski definition) is 1. The van der Waals surface area contributed by atoms with Crippen molar-refractivity contribution < 1.29 is 24.4 Å². The van der Waals surface area contributed by atoms with Crippen LogP contribution in [0, 0.1) is 10.1 Å². The van der Waals surface area contributed by atoms with Crippen LogP contribution in [0.3, 0.4) is 0 Å². The molecule has 0 spiro atoms. The van der Waals surface area contributed by atoms with Crippen molar-refractivity contribution in [3.63, 3.8) is 0 Å². The fourth-order valence-electron chi connectivity index (χ4n) is 3.66. The van der Waals surface area contributed by atoms with Gasteiger partial charge in [0.15, 0.2) is 0 Å². The van der Waals surface area contributed by atoms with Crippen molar-refractivity contribution in [2.24, 2.45) is 0 Å². The maximum atomic E-state index is 13.0. The Balaban J connectivity index is 2.08. The third kappa shape index (κ3) is 5.20. The first-order valence-corrected chi connectivity index (χ1v) is 10.5. The average molecular weight is 453 g/mol. The number of likely N-dealkylation sites (N-methyl/N-ethyl adjacent to an activating group) is 1. The number of ketones is 1. The van der Waals surface area contributed by atoms with E-state index in [4.69, 9.17) is 4.74 Å². The van der Waals surface area contributed by atoms with E-state index in [0.717, 1.165) is 0 Å². The highest BCUT2D eigenvalue weighted by atomic mass is 16.6. The van der Waals surface area contributed by atoms with Crippen molar-refractivity contribution in [2.45, 2.75) is 26.0 Å². The topological polar surface area (TPSA) is 113 Å². The van der Waals surface area contributed by atoms with Gasteiger partial charge in [0.25, 0.3) is 17.4 Å². The quantitative estimate of drug-likeness (QED) is 0.214. The first-order chi connectivity index (χ1) is 15.6. The van der Waals surface area contributed by atoms with Crippen molar-refractivity contribution in [2.75, 3.05) is 27.2 Å². The summed E-state index contributed by atoms with van der Waals surface area (Å²) < 4.78 is 5.62. The summed E-state index contributed by atoms with van der Waals surface area (Å²) in [5, 5.41) is 22.1. The van der Waals surface area contributed by atoms with Gasteiger partial charge in [0, 0.05) is 30.8 Å². The first-order valence-electron chi connectivity index (χ1n) is 10.5. The molecule has 33 heavy (non-hydrogen) atoms. The lowest BCUT2D eigenvalue weighted by atomic mass is 9.95. The summed E-state index contributed by atoms with van der Waals surface area (Å²) in [7, 11) is 3.69. The van der Waals surface area contributed by atoms with Crippen LogP contribution in [0.4, 0.5) is 5.69 Å². The molecule has 3 rings (SSSR count). The van der Waals surface area contributed by atoms with Crippen molar-refractivity contribution in [1.29, 1.82) is 0 Å². The van der Waals surface area contributed by atoms with E-state index in [1.807, 2.05) is 32.8 Å². The van der Waals surface area contributed by atoms with Crippen LogP contribution in [0.15, 0.2) is 54.1 Å². The molecule has 0 aromatic heterocycles. The van der Waals surface area contributed by atoms with E-state index in [1.165, 1.54) is 29.2 Å². The summed E-state index contributed by atoms with van der Waals surface area (Å²) in [6.07, 6.45) is -0.0198. The van der Waals surface area contributed by atoms with Gasteiger partial charge in [0.1, 0.15) is 11.5 Å². The van der Waals surface area contributed by atoms with Crippen molar-refractivity contribution >= 4 is 23.1 Å². The second kappa shape index (κ2) is 9.83. The van der Waals surface area contributed by atoms with Gasteiger partial charge in [-0.05, 0) is 69.9 Å². The molecule has 1 atom stereocenters. The predicted octanol–water partition coefficient (Wildman–Crippen LogP) is 3.37. The highest BCUT2D eigenvalue weighted by molar-refractivity contribution is 6.46. The second-order valence-corrected chi connectivity index (χ2v) is 8.34. The largest absolute Gasteiger partial charge is 0.507 e. The zero-order chi connectivity index (χ0) is 24.3. The number of non-ortho nitro benzene ring substituents is 1. The Morgan fingerprint density at radius 1 is 1.12 bits per heavy atom. The van der Waals surface area contributed by atoms with E-state index in [0.29, 0.717) is 23.4 Å². The number of aliphatic hydroxyl groups is 1. The number of ether oxygens (including phenoxy) is 1. The van der Waals surface area contributed by atoms with E-state index < -0.39 is 22.7 Å². The summed E-state index contributed by atoms with van der Waals surface area (Å²) in [6.45, 7) is 4.54. The number of carbonyl (C=O) groups excluding carboxylic acids is 2. The molecule has 9 nitrogen and oxygen atoms in total. The number of nitro groups is 1. The van der Waals surface area contributed by atoms with Gasteiger partial charge < -0.3 is 19.6 Å². The van der Waals surface area contributed by atoms with Gasteiger partial charge in [-0.1, -0.05) is 0 Å². The molecule has 1 saturated heterocycles. The first kappa shape index (κ1) is 23.9. The smallest absolute Gasteiger partial charge is 0.295 e. The Hall–Kier alpha value is -3.72. The number of rotatable bonds is 8. The number of amides is 1. The van der Waals surface area contributed by atoms with Gasteiger partial charge in [-0.2, -0.15) is 0 Å².